The second-order valence-corrected chi connectivity index (χ2v) is 13.9. The van der Waals surface area contributed by atoms with E-state index in [1.54, 1.807) is 36.4 Å². The van der Waals surface area contributed by atoms with E-state index in [9.17, 15) is 20.1 Å². The summed E-state index contributed by atoms with van der Waals surface area (Å²) < 4.78 is 6.10. The van der Waals surface area contributed by atoms with Gasteiger partial charge in [-0.2, -0.15) is 0 Å². The molecule has 0 aliphatic rings. The van der Waals surface area contributed by atoms with Crippen molar-refractivity contribution < 1.29 is 24.9 Å². The van der Waals surface area contributed by atoms with Crippen LogP contribution in [0.15, 0.2) is 121 Å². The molecule has 0 amide bonds. The molecule has 0 spiro atoms. The molecule has 0 aromatic heterocycles. The van der Waals surface area contributed by atoms with Crippen LogP contribution in [-0.4, -0.2) is 27.7 Å². The van der Waals surface area contributed by atoms with E-state index in [0.717, 1.165) is 64.6 Å². The maximum absolute atomic E-state index is 12.6. The topological polar surface area (TPSA) is 139 Å². The van der Waals surface area contributed by atoms with E-state index in [2.05, 4.69) is 37.3 Å². The minimum Gasteiger partial charge on any atom is -0.508 e. The lowest BCUT2D eigenvalue weighted by atomic mass is 9.89. The summed E-state index contributed by atoms with van der Waals surface area (Å²) in [6, 6.07) is 34.0. The van der Waals surface area contributed by atoms with Crippen LogP contribution in [0.5, 0.6) is 23.0 Å². The van der Waals surface area contributed by atoms with E-state index in [4.69, 9.17) is 16.2 Å². The lowest BCUT2D eigenvalue weighted by Gasteiger charge is -2.18. The number of benzene rings is 5. The zero-order chi connectivity index (χ0) is 37.6. The van der Waals surface area contributed by atoms with Gasteiger partial charge in [0.2, 0.25) is 0 Å². The first-order chi connectivity index (χ1) is 25.7. The Hall–Kier alpha value is -5.37. The molecule has 0 heterocycles. The Morgan fingerprint density at radius 2 is 1.47 bits per heavy atom. The first kappa shape index (κ1) is 38.9. The highest BCUT2D eigenvalue weighted by molar-refractivity contribution is 5.89. The molecule has 5 aromatic rings. The second-order valence-electron chi connectivity index (χ2n) is 13.9. The predicted molar refractivity (Wildman–Crippen MR) is 213 cm³/mol. The zero-order valence-corrected chi connectivity index (χ0v) is 30.6. The van der Waals surface area contributed by atoms with E-state index < -0.39 is 6.17 Å². The molecule has 0 unspecified atom stereocenters. The molecule has 7 nitrogen and oxygen atoms in total. The molecule has 0 aliphatic heterocycles. The fourth-order valence-corrected chi connectivity index (χ4v) is 6.57. The van der Waals surface area contributed by atoms with E-state index in [-0.39, 0.29) is 29.6 Å². The summed E-state index contributed by atoms with van der Waals surface area (Å²) >= 11 is 0. The van der Waals surface area contributed by atoms with Crippen molar-refractivity contribution in [3.8, 4) is 34.1 Å². The summed E-state index contributed by atoms with van der Waals surface area (Å²) in [5, 5.41) is 31.6. The quantitative estimate of drug-likeness (QED) is 0.0327. The molecule has 7 heteroatoms. The number of aromatic hydroxyl groups is 3. The second kappa shape index (κ2) is 19.5. The van der Waals surface area contributed by atoms with E-state index in [1.807, 2.05) is 54.6 Å². The van der Waals surface area contributed by atoms with Gasteiger partial charge in [0.05, 0.1) is 12.8 Å². The molecule has 276 valence electrons. The van der Waals surface area contributed by atoms with E-state index in [0.29, 0.717) is 37.4 Å². The third-order valence-electron chi connectivity index (χ3n) is 9.73. The van der Waals surface area contributed by atoms with E-state index in [1.165, 1.54) is 12.0 Å². The number of phenolic OH excluding ortho intramolecular Hbond substituents is 3. The third kappa shape index (κ3) is 11.8. The maximum Gasteiger partial charge on any atom is 0.161 e. The number of aryl methyl sites for hydroxylation is 2. The van der Waals surface area contributed by atoms with Crippen molar-refractivity contribution in [1.29, 1.82) is 0 Å². The number of hydrogen-bond donors (Lipinski definition) is 5. The van der Waals surface area contributed by atoms with Crippen molar-refractivity contribution in [3.05, 3.63) is 155 Å². The minimum atomic E-state index is -0.567. The number of carbonyl (C=O) groups is 1. The lowest BCUT2D eigenvalue weighted by molar-refractivity contribution is -0.114. The number of phenols is 3. The van der Waals surface area contributed by atoms with Gasteiger partial charge in [-0.3, -0.25) is 4.79 Å². The van der Waals surface area contributed by atoms with Crippen LogP contribution < -0.4 is 16.2 Å². The zero-order valence-electron chi connectivity index (χ0n) is 30.6. The highest BCUT2D eigenvalue weighted by atomic mass is 16.5. The summed E-state index contributed by atoms with van der Waals surface area (Å²) in [6.45, 7) is 2.57. The largest absolute Gasteiger partial charge is 0.508 e. The van der Waals surface area contributed by atoms with Gasteiger partial charge in [0, 0.05) is 24.8 Å². The van der Waals surface area contributed by atoms with Crippen LogP contribution in [0.4, 0.5) is 0 Å². The predicted octanol–water partition coefficient (Wildman–Crippen LogP) is 9.10. The van der Waals surface area contributed by atoms with Crippen molar-refractivity contribution in [1.82, 2.24) is 0 Å². The van der Waals surface area contributed by atoms with Crippen molar-refractivity contribution in [2.45, 2.75) is 70.9 Å². The number of nitrogens with two attached hydrogens (primary N) is 2. The maximum atomic E-state index is 12.6. The average Bonchev–Trinajstić information content (AvgIpc) is 3.16. The molecule has 7 N–H and O–H groups in total. The van der Waals surface area contributed by atoms with Crippen LogP contribution in [-0.2, 0) is 30.5 Å². The normalized spacial score (nSPS) is 12.0. The SMILES string of the molecule is C[C@H](CCC/C=C/C(=O)CCc1ccc(O)c(OCCc2ccc(O)c(Cc3ccc(C(N)N)cc3)c2-c2ccc(O)cc2)c1)CCc1ccccc1. The molecule has 53 heavy (non-hydrogen) atoms. The number of ether oxygens (including phenoxy) is 1. The lowest BCUT2D eigenvalue weighted by Crippen LogP contribution is -2.19. The van der Waals surface area contributed by atoms with Crippen LogP contribution in [0.1, 0.15) is 78.6 Å². The van der Waals surface area contributed by atoms with Gasteiger partial charge in [-0.15, -0.1) is 0 Å². The van der Waals surface area contributed by atoms with Gasteiger partial charge >= 0.3 is 0 Å². The highest BCUT2D eigenvalue weighted by Crippen LogP contribution is 2.37. The van der Waals surface area contributed by atoms with Crippen LogP contribution in [0.3, 0.4) is 0 Å². The third-order valence-corrected chi connectivity index (χ3v) is 9.73. The van der Waals surface area contributed by atoms with Gasteiger partial charge in [0.15, 0.2) is 17.3 Å². The van der Waals surface area contributed by atoms with Crippen LogP contribution in [0.25, 0.3) is 11.1 Å². The van der Waals surface area contributed by atoms with Gasteiger partial charge in [-0.25, -0.2) is 0 Å². The number of allylic oxidation sites excluding steroid dienone is 2. The Bertz CT molecular complexity index is 1940. The number of ketones is 1. The Labute approximate surface area is 313 Å². The number of rotatable bonds is 19. The van der Waals surface area contributed by atoms with Crippen molar-refractivity contribution in [2.75, 3.05) is 6.61 Å². The van der Waals surface area contributed by atoms with Gasteiger partial charge in [0.1, 0.15) is 11.5 Å². The summed E-state index contributed by atoms with van der Waals surface area (Å²) in [5.74, 6) is 1.44. The molecule has 0 fully saturated rings. The Morgan fingerprint density at radius 1 is 0.755 bits per heavy atom. The van der Waals surface area contributed by atoms with Crippen LogP contribution in [0.2, 0.25) is 0 Å². The summed E-state index contributed by atoms with van der Waals surface area (Å²) in [5.41, 5.74) is 19.1. The molecule has 0 bridgehead atoms. The molecule has 0 saturated carbocycles. The molecule has 0 saturated heterocycles. The Balaban J connectivity index is 1.15. The minimum absolute atomic E-state index is 0.0313. The van der Waals surface area contributed by atoms with Crippen LogP contribution >= 0.6 is 0 Å². The van der Waals surface area contributed by atoms with E-state index >= 15 is 0 Å². The van der Waals surface area contributed by atoms with Gasteiger partial charge in [-0.05, 0) is 113 Å². The van der Waals surface area contributed by atoms with Gasteiger partial charge < -0.3 is 31.5 Å². The number of unbranched alkanes of at least 4 members (excludes halogenated alkanes) is 1. The summed E-state index contributed by atoms with van der Waals surface area (Å²) in [7, 11) is 0. The van der Waals surface area contributed by atoms with Crippen molar-refractivity contribution in [2.24, 2.45) is 17.4 Å². The standard InChI is InChI=1S/C46H52N2O5/c1-32(12-13-33-9-5-3-6-10-33)8-4-2-7-11-39(49)23-16-35-17-26-43(52)44(31-35)53-29-28-37-22-27-42(51)41(45(37)36-20-24-40(50)25-21-36)30-34-14-18-38(19-15-34)46(47)48/h3,5-7,9-11,14-15,17-22,24-27,31-32,46,50-52H,2,4,8,12-13,16,23,28-30,47-48H2,1H3/b11-7+/t32-/m1/s1. The molecule has 5 aromatic carbocycles. The Kier molecular flexibility index (Phi) is 14.3. The number of hydrogen-bond acceptors (Lipinski definition) is 7. The molecule has 0 radical (unpaired) electrons. The molecule has 0 aliphatic carbocycles. The molecular formula is C46H52N2O5. The van der Waals surface area contributed by atoms with Crippen LogP contribution in [0, 0.1) is 5.92 Å². The summed E-state index contributed by atoms with van der Waals surface area (Å²) in [6.07, 6.45) is 10.4. The van der Waals surface area contributed by atoms with Gasteiger partial charge in [-0.1, -0.05) is 98.3 Å². The average molecular weight is 713 g/mol. The highest BCUT2D eigenvalue weighted by Gasteiger charge is 2.17. The fourth-order valence-electron chi connectivity index (χ4n) is 6.57. The molecule has 1 atom stereocenters. The first-order valence-electron chi connectivity index (χ1n) is 18.6. The van der Waals surface area contributed by atoms with Crippen molar-refractivity contribution >= 4 is 5.78 Å². The Morgan fingerprint density at radius 3 is 2.21 bits per heavy atom. The summed E-state index contributed by atoms with van der Waals surface area (Å²) in [4.78, 5) is 12.6. The fraction of sp³-hybridized carbons (Fsp3) is 0.283. The monoisotopic (exact) mass is 712 g/mol. The smallest absolute Gasteiger partial charge is 0.161 e. The molecule has 5 rings (SSSR count). The van der Waals surface area contributed by atoms with Gasteiger partial charge in [0.25, 0.3) is 0 Å². The first-order valence-corrected chi connectivity index (χ1v) is 18.6. The number of carbonyl (C=O) groups excluding carboxylic acids is 1. The molecular weight excluding hydrogens is 661 g/mol. The van der Waals surface area contributed by atoms with Crippen molar-refractivity contribution in [3.63, 3.8) is 0 Å².